The van der Waals surface area contributed by atoms with Gasteiger partial charge in [-0.1, -0.05) is 54.6 Å². The van der Waals surface area contributed by atoms with E-state index in [-0.39, 0.29) is 35.0 Å². The lowest BCUT2D eigenvalue weighted by Gasteiger charge is -2.24. The molecule has 4 N–H and O–H groups in total. The molecule has 8 aromatic rings. The van der Waals surface area contributed by atoms with Crippen LogP contribution < -0.4 is 20.1 Å². The summed E-state index contributed by atoms with van der Waals surface area (Å²) in [5.74, 6) is -1.19. The molecule has 0 fully saturated rings. The van der Waals surface area contributed by atoms with E-state index in [1.54, 1.807) is 113 Å². The monoisotopic (exact) mass is 929 g/mol. The number of anilines is 2. The van der Waals surface area contributed by atoms with E-state index in [1.807, 2.05) is 24.3 Å². The number of hydrogen-bond acceptors (Lipinski definition) is 16. The number of amides is 1. The third kappa shape index (κ3) is 10.9. The van der Waals surface area contributed by atoms with Gasteiger partial charge in [0.2, 0.25) is 18.7 Å². The minimum absolute atomic E-state index is 0.0849. The van der Waals surface area contributed by atoms with E-state index in [0.29, 0.717) is 50.2 Å². The van der Waals surface area contributed by atoms with E-state index >= 15 is 0 Å². The summed E-state index contributed by atoms with van der Waals surface area (Å²) in [6.07, 6.45) is 7.22. The van der Waals surface area contributed by atoms with Crippen molar-refractivity contribution in [2.75, 3.05) is 31.5 Å². The van der Waals surface area contributed by atoms with E-state index in [0.717, 1.165) is 5.39 Å². The third-order valence-electron chi connectivity index (χ3n) is 10.8. The SMILES string of the molecule is CC(Cc1ccnc2c(OC(=O)N(C)C)c(C(Nc3ncccn3)c3ccc(C(=O)O)cc3)ccc12)OC(=O)OCOc1c(C(Nc2ncccn2)c2ccc(C(=O)O)cc2)ccc2cccnc12. The van der Waals surface area contributed by atoms with Crippen LogP contribution in [0.1, 0.15) is 67.5 Å². The van der Waals surface area contributed by atoms with Crippen LogP contribution in [-0.2, 0) is 15.9 Å². The van der Waals surface area contributed by atoms with Crippen molar-refractivity contribution >= 4 is 57.9 Å². The number of aromatic carboxylic acids is 2. The molecule has 0 bridgehead atoms. The van der Waals surface area contributed by atoms with Gasteiger partial charge in [0.05, 0.1) is 23.2 Å². The fraction of sp³-hybridized carbons (Fsp3) is 0.160. The van der Waals surface area contributed by atoms with Gasteiger partial charge in [0.25, 0.3) is 0 Å². The Balaban J connectivity index is 1.03. The Bertz CT molecular complexity index is 3130. The fourth-order valence-electron chi connectivity index (χ4n) is 7.48. The molecule has 3 unspecified atom stereocenters. The number of benzene rings is 4. The number of pyridine rings is 2. The van der Waals surface area contributed by atoms with Gasteiger partial charge >= 0.3 is 24.2 Å². The Kier molecular flexibility index (Phi) is 14.0. The molecule has 4 heterocycles. The molecule has 348 valence electrons. The third-order valence-corrected chi connectivity index (χ3v) is 10.8. The lowest BCUT2D eigenvalue weighted by atomic mass is 9.94. The summed E-state index contributed by atoms with van der Waals surface area (Å²) in [7, 11) is 3.09. The summed E-state index contributed by atoms with van der Waals surface area (Å²) in [5.41, 5.74) is 4.01. The van der Waals surface area contributed by atoms with Crippen molar-refractivity contribution in [2.45, 2.75) is 31.5 Å². The summed E-state index contributed by atoms with van der Waals surface area (Å²) in [6, 6.07) is 27.2. The topological polar surface area (TPSA) is 250 Å². The number of ether oxygens (including phenoxy) is 4. The lowest BCUT2D eigenvalue weighted by molar-refractivity contribution is -0.0113. The van der Waals surface area contributed by atoms with Crippen molar-refractivity contribution in [3.05, 3.63) is 179 Å². The van der Waals surface area contributed by atoms with Crippen LogP contribution in [0.25, 0.3) is 21.8 Å². The van der Waals surface area contributed by atoms with Crippen molar-refractivity contribution < 1.29 is 48.3 Å². The Hall–Kier alpha value is -9.26. The molecule has 0 radical (unpaired) electrons. The van der Waals surface area contributed by atoms with Gasteiger partial charge in [-0.2, -0.15) is 0 Å². The molecule has 69 heavy (non-hydrogen) atoms. The fourth-order valence-corrected chi connectivity index (χ4v) is 7.48. The van der Waals surface area contributed by atoms with Gasteiger partial charge in [-0.15, -0.1) is 0 Å². The van der Waals surface area contributed by atoms with E-state index in [9.17, 15) is 29.4 Å². The molecule has 3 atom stereocenters. The zero-order chi connectivity index (χ0) is 48.4. The highest BCUT2D eigenvalue weighted by Gasteiger charge is 2.27. The molecule has 8 rings (SSSR count). The van der Waals surface area contributed by atoms with Crippen molar-refractivity contribution in [3.8, 4) is 11.5 Å². The standard InChI is InChI=1S/C50H43N9O10/c1-29(68-50(65)67-28-66-43-37(17-16-30-7-4-21-51-41(30)43)39(57-47-53-22-5-23-54-47)31-8-12-33(13-9-31)45(60)61)27-35-20-26-52-42-36(35)18-19-38(44(42)69-49(64)59(2)3)40(58-48-55-24-6-25-56-48)32-10-14-34(15-11-32)46(62)63/h4-26,29,39-40H,27-28H2,1-3H3,(H,60,61)(H,62,63)(H,53,54,57)(H,55,56,58). The number of aromatic nitrogens is 6. The van der Waals surface area contributed by atoms with Crippen molar-refractivity contribution in [2.24, 2.45) is 0 Å². The van der Waals surface area contributed by atoms with Gasteiger partial charge in [-0.3, -0.25) is 9.97 Å². The van der Waals surface area contributed by atoms with Gasteiger partial charge in [-0.05, 0) is 72.1 Å². The molecule has 19 nitrogen and oxygen atoms in total. The molecule has 0 saturated carbocycles. The molecule has 0 aliphatic rings. The van der Waals surface area contributed by atoms with Gasteiger partial charge in [0.1, 0.15) is 17.1 Å². The number of carbonyl (C=O) groups is 4. The normalized spacial score (nSPS) is 12.3. The zero-order valence-corrected chi connectivity index (χ0v) is 37.2. The molecule has 0 spiro atoms. The van der Waals surface area contributed by atoms with E-state index in [4.69, 9.17) is 18.9 Å². The number of fused-ring (bicyclic) bond motifs is 2. The second kappa shape index (κ2) is 20.9. The van der Waals surface area contributed by atoms with Crippen LogP contribution in [0.4, 0.5) is 21.5 Å². The van der Waals surface area contributed by atoms with E-state index < -0.39 is 49.2 Å². The van der Waals surface area contributed by atoms with Crippen molar-refractivity contribution in [1.29, 1.82) is 0 Å². The summed E-state index contributed by atoms with van der Waals surface area (Å²) < 4.78 is 23.4. The lowest BCUT2D eigenvalue weighted by Crippen LogP contribution is -2.26. The first-order chi connectivity index (χ1) is 33.4. The molecule has 0 saturated heterocycles. The zero-order valence-electron chi connectivity index (χ0n) is 37.2. The van der Waals surface area contributed by atoms with Crippen LogP contribution in [-0.4, -0.2) is 96.2 Å². The number of nitrogens with zero attached hydrogens (tertiary/aromatic N) is 7. The van der Waals surface area contributed by atoms with Crippen LogP contribution in [0, 0.1) is 0 Å². The number of rotatable bonds is 17. The van der Waals surface area contributed by atoms with Gasteiger partial charge < -0.3 is 44.7 Å². The Morgan fingerprint density at radius 3 is 1.71 bits per heavy atom. The summed E-state index contributed by atoms with van der Waals surface area (Å²) in [5, 5.41) is 27.1. The smallest absolute Gasteiger partial charge is 0.478 e. The Morgan fingerprint density at radius 1 is 0.609 bits per heavy atom. The first-order valence-corrected chi connectivity index (χ1v) is 21.3. The molecule has 4 aromatic heterocycles. The minimum Gasteiger partial charge on any atom is -0.478 e. The van der Waals surface area contributed by atoms with Gasteiger partial charge in [0.15, 0.2) is 11.5 Å². The van der Waals surface area contributed by atoms with E-state index in [2.05, 4.69) is 40.5 Å². The Labute approximate surface area is 393 Å². The second-order valence-corrected chi connectivity index (χ2v) is 15.6. The van der Waals surface area contributed by atoms with Crippen LogP contribution in [0.5, 0.6) is 11.5 Å². The molecule has 0 aliphatic heterocycles. The molecular weight excluding hydrogens is 887 g/mol. The molecule has 19 heteroatoms. The summed E-state index contributed by atoms with van der Waals surface area (Å²) in [6.45, 7) is 1.13. The average molecular weight is 930 g/mol. The molecule has 1 amide bonds. The number of carbonyl (C=O) groups excluding carboxylic acids is 2. The number of carboxylic acids is 2. The first kappa shape index (κ1) is 46.3. The highest BCUT2D eigenvalue weighted by Crippen LogP contribution is 2.40. The molecule has 4 aromatic carbocycles. The maximum absolute atomic E-state index is 13.3. The van der Waals surface area contributed by atoms with Crippen LogP contribution >= 0.6 is 0 Å². The maximum atomic E-state index is 13.3. The predicted octanol–water partition coefficient (Wildman–Crippen LogP) is 8.34. The quantitative estimate of drug-likeness (QED) is 0.0494. The van der Waals surface area contributed by atoms with Gasteiger partial charge in [0, 0.05) is 79.6 Å². The predicted molar refractivity (Wildman–Crippen MR) is 251 cm³/mol. The second-order valence-electron chi connectivity index (χ2n) is 15.6. The van der Waals surface area contributed by atoms with Gasteiger partial charge in [-0.25, -0.2) is 39.1 Å². The van der Waals surface area contributed by atoms with Crippen LogP contribution in [0.2, 0.25) is 0 Å². The van der Waals surface area contributed by atoms with Crippen molar-refractivity contribution in [1.82, 2.24) is 34.8 Å². The summed E-state index contributed by atoms with van der Waals surface area (Å²) >= 11 is 0. The largest absolute Gasteiger partial charge is 0.511 e. The summed E-state index contributed by atoms with van der Waals surface area (Å²) in [4.78, 5) is 77.7. The van der Waals surface area contributed by atoms with Crippen molar-refractivity contribution in [3.63, 3.8) is 0 Å². The van der Waals surface area contributed by atoms with Crippen LogP contribution in [0.15, 0.2) is 140 Å². The maximum Gasteiger partial charge on any atom is 0.511 e. The number of carboxylic acid groups (broad SMARTS) is 2. The Morgan fingerprint density at radius 2 is 1.14 bits per heavy atom. The first-order valence-electron chi connectivity index (χ1n) is 21.3. The average Bonchev–Trinajstić information content (AvgIpc) is 3.36. The van der Waals surface area contributed by atoms with Crippen LogP contribution in [0.3, 0.4) is 0 Å². The highest BCUT2D eigenvalue weighted by molar-refractivity contribution is 5.92. The number of hydrogen-bond donors (Lipinski definition) is 4. The minimum atomic E-state index is -1.09. The van der Waals surface area contributed by atoms with E-state index in [1.165, 1.54) is 29.2 Å². The number of nitrogens with one attached hydrogen (secondary N) is 2. The molecule has 0 aliphatic carbocycles. The highest BCUT2D eigenvalue weighted by atomic mass is 16.8. The molecular formula is C50H43N9O10.